The third-order valence-corrected chi connectivity index (χ3v) is 3.08. The van der Waals surface area contributed by atoms with E-state index in [0.717, 1.165) is 23.9 Å². The maximum absolute atomic E-state index is 13.5. The van der Waals surface area contributed by atoms with Gasteiger partial charge >= 0.3 is 0 Å². The molecule has 0 spiro atoms. The van der Waals surface area contributed by atoms with Gasteiger partial charge in [0.25, 0.3) is 0 Å². The lowest BCUT2D eigenvalue weighted by molar-refractivity contribution is 0.322. The smallest absolute Gasteiger partial charge is 0.191 e. The van der Waals surface area contributed by atoms with E-state index in [1.807, 2.05) is 30.3 Å². The van der Waals surface area contributed by atoms with Crippen molar-refractivity contribution in [3.05, 3.63) is 65.7 Å². The van der Waals surface area contributed by atoms with Crippen molar-refractivity contribution < 1.29 is 13.5 Å². The van der Waals surface area contributed by atoms with Crippen molar-refractivity contribution >= 4 is 29.9 Å². The minimum atomic E-state index is -0.470. The van der Waals surface area contributed by atoms with E-state index in [1.54, 1.807) is 7.05 Å². The molecule has 0 aliphatic rings. The zero-order chi connectivity index (χ0) is 16.5. The Hall–Kier alpha value is -1.90. The Morgan fingerprint density at radius 1 is 1.08 bits per heavy atom. The van der Waals surface area contributed by atoms with E-state index < -0.39 is 11.6 Å². The van der Waals surface area contributed by atoms with E-state index in [9.17, 15) is 8.78 Å². The van der Waals surface area contributed by atoms with Crippen LogP contribution in [-0.4, -0.2) is 26.2 Å². The maximum Gasteiger partial charge on any atom is 0.191 e. The molecule has 4 nitrogen and oxygen atoms in total. The van der Waals surface area contributed by atoms with E-state index in [0.29, 0.717) is 19.1 Å². The Kier molecular flexibility index (Phi) is 9.06. The summed E-state index contributed by atoms with van der Waals surface area (Å²) in [6.45, 7) is 1.13. The molecular formula is C17H20F2IN3O. The summed E-state index contributed by atoms with van der Waals surface area (Å²) in [4.78, 5) is 4.02. The topological polar surface area (TPSA) is 45.7 Å². The van der Waals surface area contributed by atoms with Gasteiger partial charge in [-0.2, -0.15) is 0 Å². The van der Waals surface area contributed by atoms with Crippen LogP contribution in [0.3, 0.4) is 0 Å². The first-order chi connectivity index (χ1) is 11.2. The van der Waals surface area contributed by atoms with Gasteiger partial charge in [-0.3, -0.25) is 4.99 Å². The molecule has 2 aromatic carbocycles. The number of benzene rings is 2. The van der Waals surface area contributed by atoms with Gasteiger partial charge in [0.2, 0.25) is 0 Å². The zero-order valence-corrected chi connectivity index (χ0v) is 15.6. The van der Waals surface area contributed by atoms with Crippen LogP contribution >= 0.6 is 24.0 Å². The van der Waals surface area contributed by atoms with Crippen molar-refractivity contribution in [3.63, 3.8) is 0 Å². The lowest BCUT2D eigenvalue weighted by Crippen LogP contribution is -2.39. The molecule has 130 valence electrons. The fourth-order valence-electron chi connectivity index (χ4n) is 1.93. The average Bonchev–Trinajstić information content (AvgIpc) is 2.58. The van der Waals surface area contributed by atoms with Gasteiger partial charge in [-0.1, -0.05) is 18.2 Å². The number of rotatable bonds is 6. The number of hydrogen-bond acceptors (Lipinski definition) is 2. The molecule has 0 saturated carbocycles. The monoisotopic (exact) mass is 447 g/mol. The molecule has 0 saturated heterocycles. The second-order valence-corrected chi connectivity index (χ2v) is 4.75. The fraction of sp³-hybridized carbons (Fsp3) is 0.235. The number of ether oxygens (including phenoxy) is 1. The highest BCUT2D eigenvalue weighted by Crippen LogP contribution is 2.09. The van der Waals surface area contributed by atoms with Gasteiger partial charge in [0.05, 0.1) is 6.54 Å². The van der Waals surface area contributed by atoms with Crippen LogP contribution < -0.4 is 15.4 Å². The third kappa shape index (κ3) is 6.69. The molecular weight excluding hydrogens is 427 g/mol. The van der Waals surface area contributed by atoms with Crippen LogP contribution in [0.25, 0.3) is 0 Å². The van der Waals surface area contributed by atoms with Gasteiger partial charge in [0.1, 0.15) is 24.0 Å². The molecule has 2 aromatic rings. The molecule has 0 aliphatic heterocycles. The van der Waals surface area contributed by atoms with Crippen molar-refractivity contribution in [2.24, 2.45) is 4.99 Å². The van der Waals surface area contributed by atoms with Gasteiger partial charge in [0, 0.05) is 19.2 Å². The average molecular weight is 447 g/mol. The molecule has 2 N–H and O–H groups in total. The number of guanidine groups is 1. The Morgan fingerprint density at radius 3 is 2.54 bits per heavy atom. The molecule has 0 aromatic heterocycles. The molecule has 2 rings (SSSR count). The predicted octanol–water partition coefficient (Wildman–Crippen LogP) is 3.33. The number of para-hydroxylation sites is 1. The first kappa shape index (κ1) is 20.1. The van der Waals surface area contributed by atoms with E-state index in [1.165, 1.54) is 0 Å². The van der Waals surface area contributed by atoms with Crippen LogP contribution in [0.1, 0.15) is 5.56 Å². The Balaban J connectivity index is 0.00000288. The second kappa shape index (κ2) is 10.8. The quantitative estimate of drug-likeness (QED) is 0.309. The minimum Gasteiger partial charge on any atom is -0.492 e. The van der Waals surface area contributed by atoms with Crippen LogP contribution in [0.5, 0.6) is 5.75 Å². The molecule has 0 heterocycles. The molecule has 0 bridgehead atoms. The zero-order valence-electron chi connectivity index (χ0n) is 13.3. The van der Waals surface area contributed by atoms with E-state index >= 15 is 0 Å². The summed E-state index contributed by atoms with van der Waals surface area (Å²) < 4.78 is 32.2. The van der Waals surface area contributed by atoms with Gasteiger partial charge in [-0.15, -0.1) is 24.0 Å². The summed E-state index contributed by atoms with van der Waals surface area (Å²) in [5, 5.41) is 5.97. The first-order valence-electron chi connectivity index (χ1n) is 7.25. The Labute approximate surface area is 157 Å². The summed E-state index contributed by atoms with van der Waals surface area (Å²) >= 11 is 0. The molecule has 0 atom stereocenters. The number of halogens is 3. The van der Waals surface area contributed by atoms with Gasteiger partial charge in [0.15, 0.2) is 5.96 Å². The number of hydrogen-bond donors (Lipinski definition) is 2. The van der Waals surface area contributed by atoms with Crippen molar-refractivity contribution in [1.29, 1.82) is 0 Å². The number of nitrogens with zero attached hydrogens (tertiary/aromatic N) is 1. The summed E-state index contributed by atoms with van der Waals surface area (Å²) in [7, 11) is 1.61. The number of aliphatic imine (C=N–C) groups is 1. The minimum absolute atomic E-state index is 0. The highest BCUT2D eigenvalue weighted by atomic mass is 127. The summed E-state index contributed by atoms with van der Waals surface area (Å²) in [5.41, 5.74) is 0.244. The molecule has 0 fully saturated rings. The molecule has 0 amide bonds. The molecule has 0 radical (unpaired) electrons. The SMILES string of the molecule is CN=C(NCCOc1ccccc1)NCc1cc(F)ccc1F.I. The lowest BCUT2D eigenvalue weighted by Gasteiger charge is -2.13. The van der Waals surface area contributed by atoms with E-state index in [-0.39, 0.29) is 36.1 Å². The van der Waals surface area contributed by atoms with Crippen molar-refractivity contribution in [3.8, 4) is 5.75 Å². The van der Waals surface area contributed by atoms with Crippen LogP contribution in [0.2, 0.25) is 0 Å². The number of nitrogens with one attached hydrogen (secondary N) is 2. The molecule has 0 aliphatic carbocycles. The molecule has 7 heteroatoms. The standard InChI is InChI=1S/C17H19F2N3O.HI/c1-20-17(21-9-10-23-15-5-3-2-4-6-15)22-12-13-11-14(18)7-8-16(13)19;/h2-8,11H,9-10,12H2,1H3,(H2,20,21,22);1H. The lowest BCUT2D eigenvalue weighted by atomic mass is 10.2. The van der Waals surface area contributed by atoms with Crippen LogP contribution in [0, 0.1) is 11.6 Å². The fourth-order valence-corrected chi connectivity index (χ4v) is 1.93. The van der Waals surface area contributed by atoms with Crippen molar-refractivity contribution in [2.45, 2.75) is 6.54 Å². The summed E-state index contributed by atoms with van der Waals surface area (Å²) in [5.74, 6) is 0.355. The second-order valence-electron chi connectivity index (χ2n) is 4.75. The van der Waals surface area contributed by atoms with Gasteiger partial charge < -0.3 is 15.4 Å². The van der Waals surface area contributed by atoms with Crippen LogP contribution in [0.4, 0.5) is 8.78 Å². The van der Waals surface area contributed by atoms with Gasteiger partial charge in [-0.25, -0.2) is 8.78 Å². The largest absolute Gasteiger partial charge is 0.492 e. The Morgan fingerprint density at radius 2 is 1.83 bits per heavy atom. The van der Waals surface area contributed by atoms with Crippen LogP contribution in [0.15, 0.2) is 53.5 Å². The Bertz CT molecular complexity index is 654. The van der Waals surface area contributed by atoms with Gasteiger partial charge in [-0.05, 0) is 30.3 Å². The third-order valence-electron chi connectivity index (χ3n) is 3.08. The van der Waals surface area contributed by atoms with Crippen molar-refractivity contribution in [2.75, 3.05) is 20.2 Å². The normalized spacial score (nSPS) is 10.7. The van der Waals surface area contributed by atoms with E-state index in [2.05, 4.69) is 15.6 Å². The molecule has 0 unspecified atom stereocenters. The maximum atomic E-state index is 13.5. The van der Waals surface area contributed by atoms with E-state index in [4.69, 9.17) is 4.74 Å². The molecule has 24 heavy (non-hydrogen) atoms. The highest BCUT2D eigenvalue weighted by molar-refractivity contribution is 14.0. The highest BCUT2D eigenvalue weighted by Gasteiger charge is 2.05. The summed E-state index contributed by atoms with van der Waals surface area (Å²) in [6.07, 6.45) is 0. The predicted molar refractivity (Wildman–Crippen MR) is 102 cm³/mol. The van der Waals surface area contributed by atoms with Crippen molar-refractivity contribution in [1.82, 2.24) is 10.6 Å². The van der Waals surface area contributed by atoms with Crippen LogP contribution in [-0.2, 0) is 6.54 Å². The summed E-state index contributed by atoms with van der Waals surface area (Å²) in [6, 6.07) is 12.8. The first-order valence-corrected chi connectivity index (χ1v) is 7.25.